The smallest absolute Gasteiger partial charge is 0.325 e. The number of carboxylic acid groups (broad SMARTS) is 1. The molecular formula is C15H15NO3. The molecule has 0 aliphatic rings. The van der Waals surface area contributed by atoms with E-state index in [2.05, 4.69) is 0 Å². The number of ether oxygens (including phenoxy) is 1. The van der Waals surface area contributed by atoms with Crippen LogP contribution in [0.3, 0.4) is 0 Å². The molecule has 0 saturated heterocycles. The Hall–Kier alpha value is -2.33. The van der Waals surface area contributed by atoms with Crippen LogP contribution in [0.1, 0.15) is 17.2 Å². The molecule has 0 saturated carbocycles. The number of nitrogens with two attached hydrogens (primary N) is 1. The Kier molecular flexibility index (Phi) is 4.15. The van der Waals surface area contributed by atoms with Gasteiger partial charge in [-0.1, -0.05) is 42.5 Å². The third-order valence-electron chi connectivity index (χ3n) is 2.73. The van der Waals surface area contributed by atoms with Crippen molar-refractivity contribution in [2.45, 2.75) is 12.6 Å². The van der Waals surface area contributed by atoms with Gasteiger partial charge in [0.15, 0.2) is 0 Å². The molecular weight excluding hydrogens is 242 g/mol. The van der Waals surface area contributed by atoms with Crippen LogP contribution in [-0.4, -0.2) is 11.1 Å². The maximum atomic E-state index is 10.8. The molecule has 0 unspecified atom stereocenters. The number of carboxylic acids is 1. The molecule has 2 aromatic rings. The molecule has 1 atom stereocenters. The second-order valence-corrected chi connectivity index (χ2v) is 4.16. The highest BCUT2D eigenvalue weighted by atomic mass is 16.5. The zero-order valence-electron chi connectivity index (χ0n) is 10.3. The van der Waals surface area contributed by atoms with Crippen LogP contribution in [-0.2, 0) is 11.4 Å². The summed E-state index contributed by atoms with van der Waals surface area (Å²) in [6, 6.07) is 15.6. The van der Waals surface area contributed by atoms with Crippen LogP contribution in [0.4, 0.5) is 0 Å². The van der Waals surface area contributed by atoms with Gasteiger partial charge in [-0.3, -0.25) is 4.79 Å². The van der Waals surface area contributed by atoms with E-state index in [9.17, 15) is 4.79 Å². The molecule has 4 heteroatoms. The van der Waals surface area contributed by atoms with Gasteiger partial charge >= 0.3 is 5.97 Å². The van der Waals surface area contributed by atoms with Gasteiger partial charge in [-0.25, -0.2) is 0 Å². The molecule has 4 nitrogen and oxygen atoms in total. The molecule has 0 radical (unpaired) electrons. The standard InChI is InChI=1S/C15H15NO3/c16-14(15(17)18)12-7-4-8-13(9-12)19-10-11-5-2-1-3-6-11/h1-9,14H,10,16H2,(H,17,18)/t14-/m1/s1. The molecule has 0 aliphatic heterocycles. The van der Waals surface area contributed by atoms with Gasteiger partial charge in [-0.15, -0.1) is 0 Å². The van der Waals surface area contributed by atoms with E-state index < -0.39 is 12.0 Å². The van der Waals surface area contributed by atoms with Gasteiger partial charge in [-0.05, 0) is 23.3 Å². The van der Waals surface area contributed by atoms with Crippen LogP contribution in [0.5, 0.6) is 5.75 Å². The van der Waals surface area contributed by atoms with Crippen molar-refractivity contribution in [2.24, 2.45) is 5.73 Å². The molecule has 2 rings (SSSR count). The van der Waals surface area contributed by atoms with E-state index >= 15 is 0 Å². The zero-order valence-corrected chi connectivity index (χ0v) is 10.3. The van der Waals surface area contributed by atoms with E-state index in [0.717, 1.165) is 5.56 Å². The Morgan fingerprint density at radius 3 is 2.58 bits per heavy atom. The Labute approximate surface area is 111 Å². The minimum Gasteiger partial charge on any atom is -0.489 e. The van der Waals surface area contributed by atoms with Crippen molar-refractivity contribution in [3.8, 4) is 5.75 Å². The quantitative estimate of drug-likeness (QED) is 0.862. The van der Waals surface area contributed by atoms with Gasteiger partial charge in [-0.2, -0.15) is 0 Å². The Bertz CT molecular complexity index is 554. The van der Waals surface area contributed by atoms with E-state index in [1.807, 2.05) is 30.3 Å². The maximum Gasteiger partial charge on any atom is 0.325 e. The summed E-state index contributed by atoms with van der Waals surface area (Å²) in [6.45, 7) is 0.437. The largest absolute Gasteiger partial charge is 0.489 e. The molecule has 2 aromatic carbocycles. The van der Waals surface area contributed by atoms with Crippen molar-refractivity contribution >= 4 is 5.97 Å². The number of aliphatic carboxylic acids is 1. The highest BCUT2D eigenvalue weighted by molar-refractivity contribution is 5.75. The molecule has 0 amide bonds. The minimum absolute atomic E-state index is 0.437. The Morgan fingerprint density at radius 1 is 1.16 bits per heavy atom. The first-order chi connectivity index (χ1) is 9.16. The third kappa shape index (κ3) is 3.56. The fourth-order valence-corrected chi connectivity index (χ4v) is 1.68. The Balaban J connectivity index is 2.05. The first kappa shape index (κ1) is 13.1. The second kappa shape index (κ2) is 6.02. The van der Waals surface area contributed by atoms with E-state index in [1.54, 1.807) is 24.3 Å². The monoisotopic (exact) mass is 257 g/mol. The van der Waals surface area contributed by atoms with Gasteiger partial charge in [0.25, 0.3) is 0 Å². The number of carbonyl (C=O) groups is 1. The highest BCUT2D eigenvalue weighted by Crippen LogP contribution is 2.19. The summed E-state index contributed by atoms with van der Waals surface area (Å²) in [6.07, 6.45) is 0. The molecule has 19 heavy (non-hydrogen) atoms. The van der Waals surface area contributed by atoms with Crippen LogP contribution in [0, 0.1) is 0 Å². The van der Waals surface area contributed by atoms with Gasteiger partial charge in [0.05, 0.1) is 0 Å². The normalized spacial score (nSPS) is 11.8. The fourth-order valence-electron chi connectivity index (χ4n) is 1.68. The molecule has 0 bridgehead atoms. The molecule has 98 valence electrons. The molecule has 0 spiro atoms. The summed E-state index contributed by atoms with van der Waals surface area (Å²) in [4.78, 5) is 10.8. The van der Waals surface area contributed by atoms with Crippen LogP contribution in [0.15, 0.2) is 54.6 Å². The van der Waals surface area contributed by atoms with Crippen molar-refractivity contribution in [3.63, 3.8) is 0 Å². The van der Waals surface area contributed by atoms with Crippen molar-refractivity contribution in [1.29, 1.82) is 0 Å². The average molecular weight is 257 g/mol. The lowest BCUT2D eigenvalue weighted by molar-refractivity contribution is -0.138. The lowest BCUT2D eigenvalue weighted by Crippen LogP contribution is -2.20. The topological polar surface area (TPSA) is 72.6 Å². The van der Waals surface area contributed by atoms with Crippen LogP contribution >= 0.6 is 0 Å². The van der Waals surface area contributed by atoms with Gasteiger partial charge in [0.1, 0.15) is 18.4 Å². The fraction of sp³-hybridized carbons (Fsp3) is 0.133. The molecule has 0 heterocycles. The van der Waals surface area contributed by atoms with Crippen molar-refractivity contribution in [3.05, 3.63) is 65.7 Å². The van der Waals surface area contributed by atoms with Crippen molar-refractivity contribution < 1.29 is 14.6 Å². The van der Waals surface area contributed by atoms with Crippen LogP contribution in [0.25, 0.3) is 0 Å². The molecule has 0 aromatic heterocycles. The number of hydrogen-bond donors (Lipinski definition) is 2. The summed E-state index contributed by atoms with van der Waals surface area (Å²) in [7, 11) is 0. The van der Waals surface area contributed by atoms with E-state index in [1.165, 1.54) is 0 Å². The minimum atomic E-state index is -1.06. The van der Waals surface area contributed by atoms with Gasteiger partial charge < -0.3 is 15.6 Å². The Morgan fingerprint density at radius 2 is 1.89 bits per heavy atom. The summed E-state index contributed by atoms with van der Waals surface area (Å²) >= 11 is 0. The van der Waals surface area contributed by atoms with E-state index in [-0.39, 0.29) is 0 Å². The number of benzene rings is 2. The van der Waals surface area contributed by atoms with Crippen LogP contribution < -0.4 is 10.5 Å². The summed E-state index contributed by atoms with van der Waals surface area (Å²) in [5.41, 5.74) is 7.14. The SMILES string of the molecule is N[C@@H](C(=O)O)c1cccc(OCc2ccccc2)c1. The van der Waals surface area contributed by atoms with E-state index in [4.69, 9.17) is 15.6 Å². The van der Waals surface area contributed by atoms with E-state index in [0.29, 0.717) is 17.9 Å². The molecule has 0 fully saturated rings. The predicted octanol–water partition coefficient (Wildman–Crippen LogP) is 2.35. The van der Waals surface area contributed by atoms with Gasteiger partial charge in [0.2, 0.25) is 0 Å². The highest BCUT2D eigenvalue weighted by Gasteiger charge is 2.14. The third-order valence-corrected chi connectivity index (χ3v) is 2.73. The van der Waals surface area contributed by atoms with Crippen molar-refractivity contribution in [1.82, 2.24) is 0 Å². The lowest BCUT2D eigenvalue weighted by atomic mass is 10.1. The first-order valence-electron chi connectivity index (χ1n) is 5.92. The first-order valence-corrected chi connectivity index (χ1v) is 5.92. The summed E-state index contributed by atoms with van der Waals surface area (Å²) in [5, 5.41) is 8.87. The zero-order chi connectivity index (χ0) is 13.7. The molecule has 0 aliphatic carbocycles. The van der Waals surface area contributed by atoms with Gasteiger partial charge in [0, 0.05) is 0 Å². The number of hydrogen-bond acceptors (Lipinski definition) is 3. The lowest BCUT2D eigenvalue weighted by Gasteiger charge is -2.10. The predicted molar refractivity (Wildman–Crippen MR) is 71.8 cm³/mol. The van der Waals surface area contributed by atoms with Crippen molar-refractivity contribution in [2.75, 3.05) is 0 Å². The maximum absolute atomic E-state index is 10.8. The van der Waals surface area contributed by atoms with Crippen LogP contribution in [0.2, 0.25) is 0 Å². The number of rotatable bonds is 5. The second-order valence-electron chi connectivity index (χ2n) is 4.16. The average Bonchev–Trinajstić information content (AvgIpc) is 2.45. The summed E-state index contributed by atoms with van der Waals surface area (Å²) in [5.74, 6) is -0.446. The summed E-state index contributed by atoms with van der Waals surface area (Å²) < 4.78 is 5.61. The molecule has 3 N–H and O–H groups in total.